The molecule has 0 amide bonds. The van der Waals surface area contributed by atoms with Crippen LogP contribution in [0.4, 0.5) is 5.69 Å². The lowest BCUT2D eigenvalue weighted by Gasteiger charge is -2.35. The highest BCUT2D eigenvalue weighted by Crippen LogP contribution is 2.24. The molecule has 1 unspecified atom stereocenters. The molecule has 0 aliphatic heterocycles. The van der Waals surface area contributed by atoms with E-state index in [9.17, 15) is 9.59 Å². The lowest BCUT2D eigenvalue weighted by molar-refractivity contribution is -0.143. The van der Waals surface area contributed by atoms with Gasteiger partial charge in [0.25, 0.3) is 5.97 Å². The molecule has 0 bridgehead atoms. The number of para-hydroxylation sites is 1. The van der Waals surface area contributed by atoms with Crippen LogP contribution in [0.2, 0.25) is 58.4 Å². The van der Waals surface area contributed by atoms with Crippen LogP contribution < -0.4 is 4.90 Å². The molecule has 0 aliphatic rings. The van der Waals surface area contributed by atoms with E-state index in [1.54, 1.807) is 0 Å². The molecule has 0 aromatic heterocycles. The second kappa shape index (κ2) is 12.2. The molecule has 0 aliphatic carbocycles. The van der Waals surface area contributed by atoms with Crippen LogP contribution in [-0.4, -0.2) is 56.1 Å². The Balaban J connectivity index is 3.20. The van der Waals surface area contributed by atoms with Crippen molar-refractivity contribution in [3.8, 4) is 0 Å². The Hall–Kier alpha value is -1.43. The molecule has 0 N–H and O–H groups in total. The Morgan fingerprint density at radius 3 is 1.97 bits per heavy atom. The molecule has 1 aromatic rings. The fourth-order valence-electron chi connectivity index (χ4n) is 3.45. The van der Waals surface area contributed by atoms with Crippen molar-refractivity contribution in [1.82, 2.24) is 0 Å². The van der Waals surface area contributed by atoms with Gasteiger partial charge < -0.3 is 18.2 Å². The predicted molar refractivity (Wildman–Crippen MR) is 140 cm³/mol. The molecular formula is C23H43NO5Si3. The van der Waals surface area contributed by atoms with Gasteiger partial charge in [-0.2, -0.15) is 0 Å². The summed E-state index contributed by atoms with van der Waals surface area (Å²) in [5.41, 5.74) is 0.904. The van der Waals surface area contributed by atoms with Gasteiger partial charge in [0.05, 0.1) is 6.42 Å². The third kappa shape index (κ3) is 11.4. The standard InChI is InChI=1S/C23H43NO5Si3/c1-10-27-32(8,9)18-14-17-24(20-15-12-11-13-16-20)21(23(26)29-31(5,6)7)19-22(25)28-30(2,3)4/h11-13,15-16,21H,10,14,17-19H2,1-9H3. The van der Waals surface area contributed by atoms with Gasteiger partial charge in [0.15, 0.2) is 8.32 Å². The van der Waals surface area contributed by atoms with Gasteiger partial charge in [0.1, 0.15) is 6.04 Å². The molecule has 0 fully saturated rings. The van der Waals surface area contributed by atoms with Crippen LogP contribution in [0.5, 0.6) is 0 Å². The van der Waals surface area contributed by atoms with Crippen LogP contribution in [0.3, 0.4) is 0 Å². The van der Waals surface area contributed by atoms with Crippen molar-refractivity contribution in [2.24, 2.45) is 0 Å². The smallest absolute Gasteiger partial charge is 0.316 e. The van der Waals surface area contributed by atoms with E-state index in [4.69, 9.17) is 13.3 Å². The van der Waals surface area contributed by atoms with Gasteiger partial charge in [-0.15, -0.1) is 0 Å². The first kappa shape index (κ1) is 28.6. The summed E-state index contributed by atoms with van der Waals surface area (Å²) in [7, 11) is -5.95. The monoisotopic (exact) mass is 497 g/mol. The highest BCUT2D eigenvalue weighted by molar-refractivity contribution is 6.72. The summed E-state index contributed by atoms with van der Waals surface area (Å²) >= 11 is 0. The average Bonchev–Trinajstić information content (AvgIpc) is 2.61. The van der Waals surface area contributed by atoms with Crippen LogP contribution in [0.15, 0.2) is 30.3 Å². The molecule has 0 spiro atoms. The van der Waals surface area contributed by atoms with E-state index in [0.717, 1.165) is 24.8 Å². The summed E-state index contributed by atoms with van der Waals surface area (Å²) in [5, 5.41) is 0. The topological polar surface area (TPSA) is 65.1 Å². The number of hydrogen-bond acceptors (Lipinski definition) is 6. The first-order valence-corrected chi connectivity index (χ1v) is 21.5. The minimum absolute atomic E-state index is 0.0191. The molecule has 0 saturated heterocycles. The third-order valence-electron chi connectivity index (χ3n) is 4.64. The van der Waals surface area contributed by atoms with Crippen LogP contribution >= 0.6 is 0 Å². The molecule has 6 nitrogen and oxygen atoms in total. The molecular weight excluding hydrogens is 455 g/mol. The highest BCUT2D eigenvalue weighted by atomic mass is 28.4. The van der Waals surface area contributed by atoms with Crippen molar-refractivity contribution >= 4 is 42.6 Å². The summed E-state index contributed by atoms with van der Waals surface area (Å²) in [6, 6.07) is 10.0. The SMILES string of the molecule is CCO[Si](C)(C)CCCN(c1ccccc1)C(CC(=O)O[Si](C)(C)C)C(=O)O[Si](C)(C)C. The highest BCUT2D eigenvalue weighted by Gasteiger charge is 2.35. The summed E-state index contributed by atoms with van der Waals surface area (Å²) in [6.07, 6.45) is 0.850. The largest absolute Gasteiger partial charge is 0.520 e. The maximum atomic E-state index is 13.3. The zero-order valence-corrected chi connectivity index (χ0v) is 24.5. The Labute approximate surface area is 198 Å². The van der Waals surface area contributed by atoms with Gasteiger partial charge in [0, 0.05) is 18.8 Å². The maximum absolute atomic E-state index is 13.3. The zero-order chi connectivity index (χ0) is 24.6. The number of rotatable bonds is 13. The number of hydrogen-bond donors (Lipinski definition) is 0. The van der Waals surface area contributed by atoms with Crippen molar-refractivity contribution in [2.75, 3.05) is 18.1 Å². The van der Waals surface area contributed by atoms with Crippen LogP contribution in [0.25, 0.3) is 0 Å². The molecule has 1 aromatic carbocycles. The summed E-state index contributed by atoms with van der Waals surface area (Å²) < 4.78 is 17.5. The van der Waals surface area contributed by atoms with Gasteiger partial charge in [-0.25, -0.2) is 0 Å². The van der Waals surface area contributed by atoms with Gasteiger partial charge in [-0.05, 0) is 83.9 Å². The lowest BCUT2D eigenvalue weighted by atomic mass is 10.1. The van der Waals surface area contributed by atoms with E-state index in [-0.39, 0.29) is 18.4 Å². The van der Waals surface area contributed by atoms with E-state index in [2.05, 4.69) is 13.1 Å². The molecule has 0 saturated carbocycles. The van der Waals surface area contributed by atoms with Crippen molar-refractivity contribution < 1.29 is 22.9 Å². The van der Waals surface area contributed by atoms with E-state index >= 15 is 0 Å². The van der Waals surface area contributed by atoms with Crippen molar-refractivity contribution in [3.63, 3.8) is 0 Å². The van der Waals surface area contributed by atoms with Gasteiger partial charge in [-0.1, -0.05) is 18.2 Å². The third-order valence-corrected chi connectivity index (χ3v) is 8.92. The quantitative estimate of drug-likeness (QED) is 0.329. The minimum atomic E-state index is -2.13. The van der Waals surface area contributed by atoms with Crippen LogP contribution in [-0.2, 0) is 22.9 Å². The fraction of sp³-hybridized carbons (Fsp3) is 0.652. The van der Waals surface area contributed by atoms with Crippen LogP contribution in [0.1, 0.15) is 19.8 Å². The van der Waals surface area contributed by atoms with Gasteiger partial charge in [-0.3, -0.25) is 9.59 Å². The number of nitrogens with zero attached hydrogens (tertiary/aromatic N) is 1. The number of anilines is 1. The number of carbonyl (C=O) groups is 2. The molecule has 32 heavy (non-hydrogen) atoms. The molecule has 0 heterocycles. The normalized spacial score (nSPS) is 13.4. The minimum Gasteiger partial charge on any atom is -0.520 e. The Kier molecular flexibility index (Phi) is 10.9. The molecule has 1 rings (SSSR count). The second-order valence-electron chi connectivity index (χ2n) is 10.7. The van der Waals surface area contributed by atoms with E-state index < -0.39 is 31.0 Å². The average molecular weight is 498 g/mol. The van der Waals surface area contributed by atoms with Crippen molar-refractivity contribution in [2.45, 2.75) is 84.2 Å². The van der Waals surface area contributed by atoms with Crippen LogP contribution in [0, 0.1) is 0 Å². The second-order valence-corrected chi connectivity index (χ2v) is 23.8. The first-order valence-electron chi connectivity index (χ1n) is 11.5. The first-order chi connectivity index (χ1) is 14.6. The molecule has 182 valence electrons. The van der Waals surface area contributed by atoms with Gasteiger partial charge >= 0.3 is 5.97 Å². The summed E-state index contributed by atoms with van der Waals surface area (Å²) in [6.45, 7) is 19.6. The summed E-state index contributed by atoms with van der Waals surface area (Å²) in [4.78, 5) is 28.1. The van der Waals surface area contributed by atoms with Gasteiger partial charge in [0.2, 0.25) is 16.6 Å². The van der Waals surface area contributed by atoms with E-state index in [1.807, 2.05) is 81.4 Å². The molecule has 1 atom stereocenters. The number of benzene rings is 1. The molecule has 0 radical (unpaired) electrons. The van der Waals surface area contributed by atoms with E-state index in [1.165, 1.54) is 0 Å². The Bertz CT molecular complexity index is 729. The molecule has 9 heteroatoms. The fourth-order valence-corrected chi connectivity index (χ4v) is 6.90. The van der Waals surface area contributed by atoms with E-state index in [0.29, 0.717) is 6.54 Å². The summed E-state index contributed by atoms with van der Waals surface area (Å²) in [5.74, 6) is -0.687. The Morgan fingerprint density at radius 2 is 1.47 bits per heavy atom. The predicted octanol–water partition coefficient (Wildman–Crippen LogP) is 5.64. The zero-order valence-electron chi connectivity index (χ0n) is 21.5. The Morgan fingerprint density at radius 1 is 0.906 bits per heavy atom. The van der Waals surface area contributed by atoms with Crippen molar-refractivity contribution in [1.29, 1.82) is 0 Å². The lowest BCUT2D eigenvalue weighted by Crippen LogP contribution is -2.48. The number of carbonyl (C=O) groups excluding carboxylic acids is 2. The van der Waals surface area contributed by atoms with Crippen molar-refractivity contribution in [3.05, 3.63) is 30.3 Å². The maximum Gasteiger partial charge on any atom is 0.316 e.